The molecule has 0 spiro atoms. The minimum Gasteiger partial charge on any atom is -0.483 e. The Morgan fingerprint density at radius 1 is 1.34 bits per heavy atom. The average molecular weight is 409 g/mol. The Morgan fingerprint density at radius 2 is 2.10 bits per heavy atom. The smallest absolute Gasteiger partial charge is 0.255 e. The molecule has 0 saturated carbocycles. The summed E-state index contributed by atoms with van der Waals surface area (Å²) in [6.45, 7) is 7.12. The van der Waals surface area contributed by atoms with E-state index >= 15 is 0 Å². The highest BCUT2D eigenvalue weighted by Crippen LogP contribution is 2.41. The Hall–Kier alpha value is -3.11. The van der Waals surface area contributed by atoms with E-state index in [0.29, 0.717) is 23.0 Å². The third kappa shape index (κ3) is 4.03. The van der Waals surface area contributed by atoms with Crippen molar-refractivity contribution in [1.82, 2.24) is 14.8 Å². The number of hydrogen-bond donors (Lipinski definition) is 1. The lowest BCUT2D eigenvalue weighted by atomic mass is 9.88. The number of nitrogens with zero attached hydrogens (tertiary/aromatic N) is 3. The lowest BCUT2D eigenvalue weighted by Crippen LogP contribution is -2.45. The molecular weight excluding hydrogens is 384 g/mol. The molecule has 0 unspecified atom stereocenters. The number of aromatic nitrogens is 1. The van der Waals surface area contributed by atoms with Crippen molar-refractivity contribution in [3.63, 3.8) is 0 Å². The summed E-state index contributed by atoms with van der Waals surface area (Å²) in [5.74, 6) is 0.639. The Kier molecular flexibility index (Phi) is 5.76. The number of thiocarbonyl (C=S) groups is 1. The predicted octanol–water partition coefficient (Wildman–Crippen LogP) is 2.98. The molecule has 7 heteroatoms. The molecule has 0 fully saturated rings. The summed E-state index contributed by atoms with van der Waals surface area (Å²) in [5, 5.41) is 13.2. The first-order chi connectivity index (χ1) is 13.8. The molecule has 0 radical (unpaired) electrons. The van der Waals surface area contributed by atoms with Gasteiger partial charge in [0.2, 0.25) is 0 Å². The van der Waals surface area contributed by atoms with E-state index in [1.165, 1.54) is 6.07 Å². The third-order valence-electron chi connectivity index (χ3n) is 4.87. The van der Waals surface area contributed by atoms with Crippen molar-refractivity contribution in [2.75, 3.05) is 20.1 Å². The second-order valence-corrected chi connectivity index (χ2v) is 7.75. The second kappa shape index (κ2) is 8.10. The monoisotopic (exact) mass is 408 g/mol. The topological polar surface area (TPSA) is 70.3 Å². The zero-order chi connectivity index (χ0) is 21.2. The molecule has 3 rings (SSSR count). The molecule has 150 valence electrons. The third-order valence-corrected chi connectivity index (χ3v) is 5.33. The minimum absolute atomic E-state index is 0.150. The van der Waals surface area contributed by atoms with Gasteiger partial charge in [-0.15, -0.1) is 0 Å². The van der Waals surface area contributed by atoms with Gasteiger partial charge in [0.15, 0.2) is 5.11 Å². The molecule has 6 nitrogen and oxygen atoms in total. The number of rotatable bonds is 4. The van der Waals surface area contributed by atoms with E-state index < -0.39 is 5.60 Å². The van der Waals surface area contributed by atoms with Crippen LogP contribution in [0.15, 0.2) is 53.0 Å². The van der Waals surface area contributed by atoms with Crippen LogP contribution in [0.3, 0.4) is 0 Å². The fraction of sp³-hybridized carbons (Fsp3) is 0.318. The van der Waals surface area contributed by atoms with E-state index in [0.717, 1.165) is 23.4 Å². The maximum atomic E-state index is 12.7. The van der Waals surface area contributed by atoms with E-state index in [9.17, 15) is 10.1 Å². The fourth-order valence-corrected chi connectivity index (χ4v) is 3.61. The molecule has 29 heavy (non-hydrogen) atoms. The lowest BCUT2D eigenvalue weighted by Gasteiger charge is -2.39. The molecule has 1 aliphatic heterocycles. The van der Waals surface area contributed by atoms with Gasteiger partial charge in [-0.2, -0.15) is 5.26 Å². The van der Waals surface area contributed by atoms with Crippen molar-refractivity contribution in [3.8, 4) is 11.8 Å². The van der Waals surface area contributed by atoms with Crippen molar-refractivity contribution >= 4 is 23.0 Å². The SMILES string of the molecule is CCNC(=S)N(C)CC1=C(n2ccccc2=O)c2cc(C#N)ccc2OC1(C)C. The maximum Gasteiger partial charge on any atom is 0.255 e. The standard InChI is InChI=1S/C22H24N4O2S/c1-5-24-21(29)25(4)14-17-20(26-11-7-6-8-19(26)27)16-12-15(13-23)9-10-18(16)28-22(17,2)3/h6-12H,5,14H2,1-4H3,(H,24,29). The highest BCUT2D eigenvalue weighted by molar-refractivity contribution is 7.80. The van der Waals surface area contributed by atoms with Crippen molar-refractivity contribution in [2.24, 2.45) is 0 Å². The van der Waals surface area contributed by atoms with Gasteiger partial charge in [-0.25, -0.2) is 0 Å². The summed E-state index contributed by atoms with van der Waals surface area (Å²) in [4.78, 5) is 14.7. The quantitative estimate of drug-likeness (QED) is 0.785. The van der Waals surface area contributed by atoms with Crippen LogP contribution < -0.4 is 15.6 Å². The lowest BCUT2D eigenvalue weighted by molar-refractivity contribution is 0.137. The molecule has 0 atom stereocenters. The normalized spacial score (nSPS) is 14.4. The van der Waals surface area contributed by atoms with Crippen LogP contribution in [0.1, 0.15) is 31.9 Å². The van der Waals surface area contributed by atoms with Gasteiger partial charge in [0.05, 0.1) is 17.3 Å². The predicted molar refractivity (Wildman–Crippen MR) is 118 cm³/mol. The molecule has 0 saturated heterocycles. The first kappa shape index (κ1) is 20.6. The van der Waals surface area contributed by atoms with Crippen LogP contribution in [-0.2, 0) is 0 Å². The zero-order valence-electron chi connectivity index (χ0n) is 17.0. The van der Waals surface area contributed by atoms with E-state index in [1.54, 1.807) is 35.0 Å². The summed E-state index contributed by atoms with van der Waals surface area (Å²) >= 11 is 5.46. The Balaban J connectivity index is 2.28. The molecule has 0 aliphatic carbocycles. The molecule has 0 bridgehead atoms. The van der Waals surface area contributed by atoms with E-state index in [1.807, 2.05) is 38.8 Å². The average Bonchev–Trinajstić information content (AvgIpc) is 2.69. The van der Waals surface area contributed by atoms with Gasteiger partial charge < -0.3 is 15.0 Å². The fourth-order valence-electron chi connectivity index (χ4n) is 3.41. The summed E-state index contributed by atoms with van der Waals surface area (Å²) in [7, 11) is 1.90. The Bertz CT molecular complexity index is 1080. The minimum atomic E-state index is -0.679. The summed E-state index contributed by atoms with van der Waals surface area (Å²) in [5.41, 5.74) is 2.02. The van der Waals surface area contributed by atoms with Crippen LogP contribution in [0.25, 0.3) is 5.70 Å². The van der Waals surface area contributed by atoms with Gasteiger partial charge in [0.1, 0.15) is 11.4 Å². The molecule has 1 aromatic heterocycles. The molecule has 1 aliphatic rings. The van der Waals surface area contributed by atoms with Crippen LogP contribution in [0.2, 0.25) is 0 Å². The van der Waals surface area contributed by atoms with E-state index in [-0.39, 0.29) is 5.56 Å². The van der Waals surface area contributed by atoms with Gasteiger partial charge >= 0.3 is 0 Å². The van der Waals surface area contributed by atoms with Crippen molar-refractivity contribution in [1.29, 1.82) is 5.26 Å². The number of nitriles is 1. The van der Waals surface area contributed by atoms with Crippen LogP contribution in [-0.4, -0.2) is 40.3 Å². The van der Waals surface area contributed by atoms with Crippen LogP contribution in [0.5, 0.6) is 5.75 Å². The summed E-state index contributed by atoms with van der Waals surface area (Å²) in [6.07, 6.45) is 1.74. The van der Waals surface area contributed by atoms with Crippen LogP contribution in [0, 0.1) is 11.3 Å². The number of likely N-dealkylation sites (N-methyl/N-ethyl adjacent to an activating group) is 1. The largest absolute Gasteiger partial charge is 0.483 e. The number of fused-ring (bicyclic) bond motifs is 1. The number of nitrogens with one attached hydrogen (secondary N) is 1. The first-order valence-corrected chi connectivity index (χ1v) is 9.83. The first-order valence-electron chi connectivity index (χ1n) is 9.42. The number of ether oxygens (including phenoxy) is 1. The van der Waals surface area contributed by atoms with Crippen molar-refractivity contribution in [3.05, 3.63) is 69.6 Å². The Labute approximate surface area is 176 Å². The highest BCUT2D eigenvalue weighted by Gasteiger charge is 2.37. The number of hydrogen-bond acceptors (Lipinski definition) is 4. The van der Waals surface area contributed by atoms with Crippen molar-refractivity contribution < 1.29 is 4.74 Å². The summed E-state index contributed by atoms with van der Waals surface area (Å²) < 4.78 is 7.91. The summed E-state index contributed by atoms with van der Waals surface area (Å²) in [6, 6.07) is 12.5. The molecule has 2 heterocycles. The molecule has 0 amide bonds. The van der Waals surface area contributed by atoms with Gasteiger partial charge in [-0.05, 0) is 57.3 Å². The highest BCUT2D eigenvalue weighted by atomic mass is 32.1. The van der Waals surface area contributed by atoms with Gasteiger partial charge in [0.25, 0.3) is 5.56 Å². The number of benzene rings is 1. The van der Waals surface area contributed by atoms with Crippen molar-refractivity contribution in [2.45, 2.75) is 26.4 Å². The molecule has 2 aromatic rings. The molecular formula is C22H24N4O2S. The maximum absolute atomic E-state index is 12.7. The van der Waals surface area contributed by atoms with E-state index in [4.69, 9.17) is 17.0 Å². The van der Waals surface area contributed by atoms with E-state index in [2.05, 4.69) is 11.4 Å². The van der Waals surface area contributed by atoms with Gasteiger partial charge in [-0.1, -0.05) is 6.07 Å². The molecule has 1 aromatic carbocycles. The number of pyridine rings is 1. The van der Waals surface area contributed by atoms with Gasteiger partial charge in [-0.3, -0.25) is 9.36 Å². The zero-order valence-corrected chi connectivity index (χ0v) is 17.8. The Morgan fingerprint density at radius 3 is 2.76 bits per heavy atom. The van der Waals surface area contributed by atoms with Crippen LogP contribution >= 0.6 is 12.2 Å². The molecule has 1 N–H and O–H groups in total. The van der Waals surface area contributed by atoms with Gasteiger partial charge in [0, 0.05) is 43.5 Å². The second-order valence-electron chi connectivity index (χ2n) is 7.36. The van der Waals surface area contributed by atoms with Crippen LogP contribution in [0.4, 0.5) is 0 Å².